The van der Waals surface area contributed by atoms with Crippen LogP contribution in [0.2, 0.25) is 10.0 Å². The van der Waals surface area contributed by atoms with Gasteiger partial charge < -0.3 is 4.74 Å². The molecular weight excluding hydrogens is 331 g/mol. The quantitative estimate of drug-likeness (QED) is 0.724. The Morgan fingerprint density at radius 1 is 1.29 bits per heavy atom. The molecule has 0 saturated heterocycles. The minimum Gasteiger partial charge on any atom is -0.490 e. The fourth-order valence-corrected chi connectivity index (χ4v) is 3.09. The monoisotopic (exact) mass is 340 g/mol. The molecule has 3 aromatic rings. The van der Waals surface area contributed by atoms with Crippen LogP contribution in [-0.4, -0.2) is 16.2 Å². The molecule has 0 radical (unpaired) electrons. The molecule has 108 valence electrons. The molecule has 0 saturated carbocycles. The van der Waals surface area contributed by atoms with E-state index in [1.807, 2.05) is 5.38 Å². The van der Waals surface area contributed by atoms with E-state index in [1.165, 1.54) is 22.2 Å². The van der Waals surface area contributed by atoms with Crippen molar-refractivity contribution in [2.24, 2.45) is 0 Å². The number of thiophene rings is 1. The molecule has 0 bridgehead atoms. The highest BCUT2D eigenvalue weighted by atomic mass is 35.5. The van der Waals surface area contributed by atoms with Crippen molar-refractivity contribution in [3.63, 3.8) is 0 Å². The molecule has 0 aliphatic heterocycles. The van der Waals surface area contributed by atoms with E-state index in [0.29, 0.717) is 34.3 Å². The van der Waals surface area contributed by atoms with E-state index in [1.54, 1.807) is 24.3 Å². The Labute approximate surface area is 134 Å². The van der Waals surface area contributed by atoms with Crippen LogP contribution in [0.3, 0.4) is 0 Å². The molecule has 0 unspecified atom stereocenters. The lowest BCUT2D eigenvalue weighted by molar-refractivity contribution is 0.296. The molecule has 0 spiro atoms. The van der Waals surface area contributed by atoms with Gasteiger partial charge in [-0.3, -0.25) is 9.36 Å². The van der Waals surface area contributed by atoms with Gasteiger partial charge >= 0.3 is 0 Å². The summed E-state index contributed by atoms with van der Waals surface area (Å²) < 4.78 is 7.10. The summed E-state index contributed by atoms with van der Waals surface area (Å²) >= 11 is 13.3. The largest absolute Gasteiger partial charge is 0.490 e. The molecule has 0 aliphatic carbocycles. The average Bonchev–Trinajstić information content (AvgIpc) is 2.93. The molecule has 3 rings (SSSR count). The summed E-state index contributed by atoms with van der Waals surface area (Å²) in [7, 11) is 0. The number of hydrogen-bond donors (Lipinski definition) is 0. The molecule has 0 atom stereocenters. The zero-order valence-corrected chi connectivity index (χ0v) is 13.1. The topological polar surface area (TPSA) is 44.1 Å². The lowest BCUT2D eigenvalue weighted by Crippen LogP contribution is -2.23. The minimum atomic E-state index is -0.0629. The average molecular weight is 341 g/mol. The summed E-state index contributed by atoms with van der Waals surface area (Å²) in [6, 6.07) is 6.80. The minimum absolute atomic E-state index is 0.0629. The fourth-order valence-electron chi connectivity index (χ4n) is 1.90. The van der Waals surface area contributed by atoms with Gasteiger partial charge in [0.25, 0.3) is 5.56 Å². The first-order chi connectivity index (χ1) is 10.1. The maximum absolute atomic E-state index is 12.2. The molecule has 2 heterocycles. The smallest absolute Gasteiger partial charge is 0.262 e. The van der Waals surface area contributed by atoms with E-state index in [4.69, 9.17) is 27.9 Å². The standard InChI is InChI=1S/C14H10Cl2N2O2S/c15-9-1-2-12(11(16)7-9)20-5-4-18-8-17-13-10(14(18)19)3-6-21-13/h1-3,6-8H,4-5H2. The normalized spacial score (nSPS) is 11.0. The predicted octanol–water partition coefficient (Wildman–Crippen LogP) is 3.84. The van der Waals surface area contributed by atoms with Crippen molar-refractivity contribution in [3.05, 3.63) is 56.4 Å². The maximum Gasteiger partial charge on any atom is 0.262 e. The van der Waals surface area contributed by atoms with Crippen LogP contribution < -0.4 is 10.3 Å². The van der Waals surface area contributed by atoms with Gasteiger partial charge in [0, 0.05) is 5.02 Å². The van der Waals surface area contributed by atoms with Gasteiger partial charge in [0.15, 0.2) is 0 Å². The Morgan fingerprint density at radius 2 is 2.14 bits per heavy atom. The van der Waals surface area contributed by atoms with Crippen LogP contribution in [-0.2, 0) is 6.54 Å². The number of ether oxygens (including phenoxy) is 1. The third-order valence-corrected chi connectivity index (χ3v) is 4.29. The van der Waals surface area contributed by atoms with Gasteiger partial charge in [-0.05, 0) is 29.6 Å². The highest BCUT2D eigenvalue weighted by molar-refractivity contribution is 7.16. The van der Waals surface area contributed by atoms with E-state index < -0.39 is 0 Å². The number of nitrogens with zero attached hydrogens (tertiary/aromatic N) is 2. The second kappa shape index (κ2) is 6.05. The lowest BCUT2D eigenvalue weighted by Gasteiger charge is -2.09. The van der Waals surface area contributed by atoms with Gasteiger partial charge in [0.1, 0.15) is 17.2 Å². The van der Waals surface area contributed by atoms with Crippen LogP contribution in [0.5, 0.6) is 5.75 Å². The first-order valence-electron chi connectivity index (χ1n) is 6.15. The van der Waals surface area contributed by atoms with Crippen LogP contribution in [0.25, 0.3) is 10.2 Å². The van der Waals surface area contributed by atoms with Crippen molar-refractivity contribution in [1.82, 2.24) is 9.55 Å². The molecule has 0 N–H and O–H groups in total. The van der Waals surface area contributed by atoms with Crippen LogP contribution in [0.15, 0.2) is 40.8 Å². The Bertz CT molecular complexity index is 844. The summed E-state index contributed by atoms with van der Waals surface area (Å²) in [6.07, 6.45) is 1.54. The van der Waals surface area contributed by atoms with E-state index in [-0.39, 0.29) is 5.56 Å². The molecule has 0 amide bonds. The number of fused-ring (bicyclic) bond motifs is 1. The Kier molecular flexibility index (Phi) is 4.14. The van der Waals surface area contributed by atoms with Crippen LogP contribution in [0.4, 0.5) is 0 Å². The van der Waals surface area contributed by atoms with Gasteiger partial charge in [-0.25, -0.2) is 4.98 Å². The van der Waals surface area contributed by atoms with Crippen molar-refractivity contribution >= 4 is 44.8 Å². The van der Waals surface area contributed by atoms with Gasteiger partial charge in [0.05, 0.1) is 23.3 Å². The highest BCUT2D eigenvalue weighted by Crippen LogP contribution is 2.27. The summed E-state index contributed by atoms with van der Waals surface area (Å²) in [5, 5.41) is 3.48. The summed E-state index contributed by atoms with van der Waals surface area (Å²) in [4.78, 5) is 17.2. The number of halogens is 2. The fraction of sp³-hybridized carbons (Fsp3) is 0.143. The molecule has 0 aliphatic rings. The van der Waals surface area contributed by atoms with Crippen molar-refractivity contribution in [1.29, 1.82) is 0 Å². The van der Waals surface area contributed by atoms with E-state index in [9.17, 15) is 4.79 Å². The second-order valence-electron chi connectivity index (χ2n) is 4.31. The summed E-state index contributed by atoms with van der Waals surface area (Å²) in [6.45, 7) is 0.717. The van der Waals surface area contributed by atoms with E-state index in [0.717, 1.165) is 4.83 Å². The molecule has 0 fully saturated rings. The van der Waals surface area contributed by atoms with Crippen molar-refractivity contribution in [2.75, 3.05) is 6.61 Å². The van der Waals surface area contributed by atoms with Crippen LogP contribution in [0.1, 0.15) is 0 Å². The third-order valence-electron chi connectivity index (χ3n) is 2.93. The van der Waals surface area contributed by atoms with Crippen LogP contribution in [0, 0.1) is 0 Å². The van der Waals surface area contributed by atoms with Crippen LogP contribution >= 0.6 is 34.5 Å². The predicted molar refractivity (Wildman–Crippen MR) is 85.8 cm³/mol. The first kappa shape index (κ1) is 14.4. The lowest BCUT2D eigenvalue weighted by atomic mass is 10.3. The highest BCUT2D eigenvalue weighted by Gasteiger charge is 2.06. The molecule has 7 heteroatoms. The van der Waals surface area contributed by atoms with Crippen molar-refractivity contribution < 1.29 is 4.74 Å². The zero-order chi connectivity index (χ0) is 14.8. The number of rotatable bonds is 4. The van der Waals surface area contributed by atoms with Crippen molar-refractivity contribution in [3.8, 4) is 5.75 Å². The van der Waals surface area contributed by atoms with Gasteiger partial charge in [-0.15, -0.1) is 11.3 Å². The third kappa shape index (κ3) is 3.05. The SMILES string of the molecule is O=c1c2ccsc2ncn1CCOc1ccc(Cl)cc1Cl. The van der Waals surface area contributed by atoms with Crippen molar-refractivity contribution in [2.45, 2.75) is 6.54 Å². The number of benzene rings is 1. The van der Waals surface area contributed by atoms with Gasteiger partial charge in [-0.2, -0.15) is 0 Å². The van der Waals surface area contributed by atoms with Gasteiger partial charge in [0.2, 0.25) is 0 Å². The summed E-state index contributed by atoms with van der Waals surface area (Å²) in [5.74, 6) is 0.540. The van der Waals surface area contributed by atoms with E-state index >= 15 is 0 Å². The molecule has 21 heavy (non-hydrogen) atoms. The summed E-state index contributed by atoms with van der Waals surface area (Å²) in [5.41, 5.74) is -0.0629. The molecule has 4 nitrogen and oxygen atoms in total. The second-order valence-corrected chi connectivity index (χ2v) is 6.04. The Balaban J connectivity index is 1.72. The number of hydrogen-bond acceptors (Lipinski definition) is 4. The van der Waals surface area contributed by atoms with E-state index in [2.05, 4.69) is 4.98 Å². The number of aromatic nitrogens is 2. The zero-order valence-electron chi connectivity index (χ0n) is 10.8. The first-order valence-corrected chi connectivity index (χ1v) is 7.79. The molecule has 1 aromatic carbocycles. The molecular formula is C14H10Cl2N2O2S. The van der Waals surface area contributed by atoms with Gasteiger partial charge in [-0.1, -0.05) is 23.2 Å². The maximum atomic E-state index is 12.2. The Morgan fingerprint density at radius 3 is 2.95 bits per heavy atom. The Hall–Kier alpha value is -1.56. The molecule has 2 aromatic heterocycles.